The van der Waals surface area contributed by atoms with Gasteiger partial charge in [0.2, 0.25) is 5.91 Å². The Hall–Kier alpha value is -2.93. The van der Waals surface area contributed by atoms with Gasteiger partial charge in [-0.2, -0.15) is 0 Å². The van der Waals surface area contributed by atoms with Crippen LogP contribution in [0.5, 0.6) is 5.75 Å². The predicted octanol–water partition coefficient (Wildman–Crippen LogP) is 3.04. The maximum atomic E-state index is 12.8. The third-order valence-corrected chi connectivity index (χ3v) is 5.12. The zero-order valence-corrected chi connectivity index (χ0v) is 16.7. The van der Waals surface area contributed by atoms with Crippen LogP contribution in [0.15, 0.2) is 54.6 Å². The van der Waals surface area contributed by atoms with E-state index < -0.39 is 6.04 Å². The first-order valence-corrected chi connectivity index (χ1v) is 9.54. The minimum Gasteiger partial charge on any atom is -0.497 e. The fourth-order valence-corrected chi connectivity index (χ4v) is 3.61. The third-order valence-electron chi connectivity index (χ3n) is 4.67. The first-order chi connectivity index (χ1) is 13.5. The van der Waals surface area contributed by atoms with Crippen LogP contribution in [0.1, 0.15) is 18.9 Å². The molecule has 0 spiro atoms. The van der Waals surface area contributed by atoms with E-state index in [-0.39, 0.29) is 18.2 Å². The number of ether oxygens (including phenoxy) is 1. The van der Waals surface area contributed by atoms with E-state index in [9.17, 15) is 9.59 Å². The number of nitrogens with one attached hydrogen (secondary N) is 1. The molecule has 0 aliphatic carbocycles. The fourth-order valence-electron chi connectivity index (χ4n) is 3.20. The van der Waals surface area contributed by atoms with Gasteiger partial charge in [0.15, 0.2) is 5.11 Å². The molecule has 1 aliphatic heterocycles. The zero-order valence-electron chi connectivity index (χ0n) is 15.9. The summed E-state index contributed by atoms with van der Waals surface area (Å²) in [6.45, 7) is 2.81. The van der Waals surface area contributed by atoms with Crippen molar-refractivity contribution < 1.29 is 14.3 Å². The molecule has 1 heterocycles. The Labute approximate surface area is 170 Å². The number of rotatable bonds is 7. The van der Waals surface area contributed by atoms with Gasteiger partial charge < -0.3 is 15.0 Å². The Balaban J connectivity index is 1.75. The monoisotopic (exact) mass is 397 g/mol. The molecule has 146 valence electrons. The van der Waals surface area contributed by atoms with Gasteiger partial charge in [0.05, 0.1) is 13.5 Å². The lowest BCUT2D eigenvalue weighted by molar-refractivity contribution is -0.130. The molecule has 2 amide bonds. The molecule has 1 atom stereocenters. The lowest BCUT2D eigenvalue weighted by atomic mass is 10.1. The molecule has 0 saturated carbocycles. The summed E-state index contributed by atoms with van der Waals surface area (Å²) in [6, 6.07) is 16.2. The SMILES string of the molecule is CCN1C(=O)[C@@H](CC(=O)Nc2ccccc2)N(Cc2ccc(OC)cc2)C1=S. The van der Waals surface area contributed by atoms with E-state index in [1.54, 1.807) is 12.0 Å². The molecule has 1 saturated heterocycles. The molecule has 0 unspecified atom stereocenters. The summed E-state index contributed by atoms with van der Waals surface area (Å²) in [5.74, 6) is 0.409. The molecule has 0 bridgehead atoms. The number of nitrogens with zero attached hydrogens (tertiary/aromatic N) is 2. The predicted molar refractivity (Wildman–Crippen MR) is 112 cm³/mol. The van der Waals surface area contributed by atoms with E-state index >= 15 is 0 Å². The molecular weight excluding hydrogens is 374 g/mol. The quantitative estimate of drug-likeness (QED) is 0.728. The molecule has 3 rings (SSSR count). The summed E-state index contributed by atoms with van der Waals surface area (Å²) in [4.78, 5) is 28.7. The summed E-state index contributed by atoms with van der Waals surface area (Å²) < 4.78 is 5.19. The number of anilines is 1. The number of methoxy groups -OCH3 is 1. The zero-order chi connectivity index (χ0) is 20.1. The van der Waals surface area contributed by atoms with Crippen LogP contribution in [0.25, 0.3) is 0 Å². The van der Waals surface area contributed by atoms with Crippen molar-refractivity contribution in [2.75, 3.05) is 19.0 Å². The first kappa shape index (κ1) is 19.8. The molecule has 2 aromatic carbocycles. The molecular formula is C21H23N3O3S. The molecule has 0 aromatic heterocycles. The van der Waals surface area contributed by atoms with Crippen LogP contribution in [0, 0.1) is 0 Å². The van der Waals surface area contributed by atoms with Crippen LogP contribution in [0.4, 0.5) is 5.69 Å². The van der Waals surface area contributed by atoms with E-state index in [2.05, 4.69) is 5.32 Å². The van der Waals surface area contributed by atoms with Gasteiger partial charge in [-0.15, -0.1) is 0 Å². The molecule has 1 N–H and O–H groups in total. The van der Waals surface area contributed by atoms with Crippen LogP contribution in [-0.2, 0) is 16.1 Å². The highest BCUT2D eigenvalue weighted by atomic mass is 32.1. The molecule has 0 radical (unpaired) electrons. The Bertz CT molecular complexity index is 855. The molecule has 6 nitrogen and oxygen atoms in total. The number of carbonyl (C=O) groups is 2. The molecule has 28 heavy (non-hydrogen) atoms. The highest BCUT2D eigenvalue weighted by Crippen LogP contribution is 2.24. The summed E-state index contributed by atoms with van der Waals surface area (Å²) in [5, 5.41) is 3.30. The van der Waals surface area contributed by atoms with Gasteiger partial charge in [-0.1, -0.05) is 30.3 Å². The second-order valence-corrected chi connectivity index (χ2v) is 6.84. The van der Waals surface area contributed by atoms with Gasteiger partial charge in [0, 0.05) is 18.8 Å². The summed E-state index contributed by atoms with van der Waals surface area (Å²) in [7, 11) is 1.61. The minimum absolute atomic E-state index is 0.0422. The number of hydrogen-bond acceptors (Lipinski definition) is 4. The Kier molecular flexibility index (Phi) is 6.26. The van der Waals surface area contributed by atoms with Crippen molar-refractivity contribution in [3.05, 3.63) is 60.2 Å². The topological polar surface area (TPSA) is 61.9 Å². The Morgan fingerprint density at radius 2 is 1.82 bits per heavy atom. The number of thiocarbonyl (C=S) groups is 1. The summed E-state index contributed by atoms with van der Waals surface area (Å²) in [6.07, 6.45) is 0.0422. The van der Waals surface area contributed by atoms with Crippen molar-refractivity contribution in [2.24, 2.45) is 0 Å². The summed E-state index contributed by atoms with van der Waals surface area (Å²) >= 11 is 5.52. The van der Waals surface area contributed by atoms with Gasteiger partial charge in [-0.3, -0.25) is 14.5 Å². The lowest BCUT2D eigenvalue weighted by Gasteiger charge is -2.24. The van der Waals surface area contributed by atoms with E-state index in [1.807, 2.05) is 66.4 Å². The van der Waals surface area contributed by atoms with Gasteiger partial charge >= 0.3 is 0 Å². The van der Waals surface area contributed by atoms with E-state index in [4.69, 9.17) is 17.0 Å². The number of amides is 2. The van der Waals surface area contributed by atoms with Crippen molar-refractivity contribution in [1.82, 2.24) is 9.80 Å². The number of carbonyl (C=O) groups excluding carboxylic acids is 2. The van der Waals surface area contributed by atoms with Crippen molar-refractivity contribution in [3.63, 3.8) is 0 Å². The van der Waals surface area contributed by atoms with E-state index in [0.29, 0.717) is 23.9 Å². The van der Waals surface area contributed by atoms with Crippen molar-refractivity contribution in [1.29, 1.82) is 0 Å². The number of likely N-dealkylation sites (N-methyl/N-ethyl adjacent to an activating group) is 1. The lowest BCUT2D eigenvalue weighted by Crippen LogP contribution is -2.37. The van der Waals surface area contributed by atoms with E-state index in [0.717, 1.165) is 11.3 Å². The van der Waals surface area contributed by atoms with E-state index in [1.165, 1.54) is 0 Å². The van der Waals surface area contributed by atoms with Crippen LogP contribution in [0.3, 0.4) is 0 Å². The third kappa shape index (κ3) is 4.31. The largest absolute Gasteiger partial charge is 0.497 e. The maximum absolute atomic E-state index is 12.8. The molecule has 7 heteroatoms. The van der Waals surface area contributed by atoms with Crippen LogP contribution in [0.2, 0.25) is 0 Å². The first-order valence-electron chi connectivity index (χ1n) is 9.13. The highest BCUT2D eigenvalue weighted by Gasteiger charge is 2.42. The number of para-hydroxylation sites is 1. The maximum Gasteiger partial charge on any atom is 0.252 e. The van der Waals surface area contributed by atoms with Crippen molar-refractivity contribution >= 4 is 34.8 Å². The summed E-state index contributed by atoms with van der Waals surface area (Å²) in [5.41, 5.74) is 1.69. The second-order valence-electron chi connectivity index (χ2n) is 6.48. The minimum atomic E-state index is -0.613. The van der Waals surface area contributed by atoms with Crippen LogP contribution < -0.4 is 10.1 Å². The average Bonchev–Trinajstić information content (AvgIpc) is 2.92. The standard InChI is InChI=1S/C21H23N3O3S/c1-3-23-20(26)18(13-19(25)22-16-7-5-4-6-8-16)24(21(23)28)14-15-9-11-17(27-2)12-10-15/h4-12,18H,3,13-14H2,1-2H3,(H,22,25)/t18-/m1/s1. The highest BCUT2D eigenvalue weighted by molar-refractivity contribution is 7.80. The number of benzene rings is 2. The van der Waals surface area contributed by atoms with Crippen molar-refractivity contribution in [2.45, 2.75) is 25.9 Å². The number of hydrogen-bond donors (Lipinski definition) is 1. The average molecular weight is 398 g/mol. The Morgan fingerprint density at radius 3 is 2.43 bits per heavy atom. The van der Waals surface area contributed by atoms with Gasteiger partial charge in [-0.25, -0.2) is 0 Å². The van der Waals surface area contributed by atoms with Gasteiger partial charge in [-0.05, 0) is 49.0 Å². The van der Waals surface area contributed by atoms with Crippen LogP contribution in [-0.4, -0.2) is 46.4 Å². The smallest absolute Gasteiger partial charge is 0.252 e. The van der Waals surface area contributed by atoms with Crippen LogP contribution >= 0.6 is 12.2 Å². The Morgan fingerprint density at radius 1 is 1.14 bits per heavy atom. The molecule has 1 aliphatic rings. The molecule has 1 fully saturated rings. The fraction of sp³-hybridized carbons (Fsp3) is 0.286. The van der Waals surface area contributed by atoms with Gasteiger partial charge in [0.25, 0.3) is 5.91 Å². The van der Waals surface area contributed by atoms with Crippen molar-refractivity contribution in [3.8, 4) is 5.75 Å². The molecule has 2 aromatic rings. The van der Waals surface area contributed by atoms with Gasteiger partial charge in [0.1, 0.15) is 11.8 Å². The normalized spacial score (nSPS) is 16.4. The second kappa shape index (κ2) is 8.84.